The molecule has 0 saturated carbocycles. The maximum absolute atomic E-state index is 11.4. The number of nitrogens with zero attached hydrogens (tertiary/aromatic N) is 1. The van der Waals surface area contributed by atoms with Gasteiger partial charge in [0.15, 0.2) is 0 Å². The first-order chi connectivity index (χ1) is 10.5. The van der Waals surface area contributed by atoms with Crippen molar-refractivity contribution >= 4 is 5.91 Å². The van der Waals surface area contributed by atoms with E-state index in [2.05, 4.69) is 5.32 Å². The van der Waals surface area contributed by atoms with Crippen molar-refractivity contribution in [1.29, 1.82) is 0 Å². The second kappa shape index (κ2) is 10.1. The predicted octanol–water partition coefficient (Wildman–Crippen LogP) is -2.62. The lowest BCUT2D eigenvalue weighted by molar-refractivity contribution is -0.145. The van der Waals surface area contributed by atoms with Gasteiger partial charge in [0.1, 0.15) is 12.2 Å². The number of hydrogen-bond acceptors (Lipinski definition) is 7. The van der Waals surface area contributed by atoms with E-state index in [0.29, 0.717) is 26.1 Å². The Morgan fingerprint density at radius 3 is 2.55 bits per heavy atom. The van der Waals surface area contributed by atoms with E-state index in [1.807, 2.05) is 0 Å². The Hall–Kier alpha value is -0.770. The lowest BCUT2D eigenvalue weighted by atomic mass is 9.94. The summed E-state index contributed by atoms with van der Waals surface area (Å²) in [5.41, 5.74) is 5.29. The molecule has 130 valence electrons. The third kappa shape index (κ3) is 5.79. The summed E-state index contributed by atoms with van der Waals surface area (Å²) in [6.07, 6.45) is -0.569. The van der Waals surface area contributed by atoms with E-state index in [4.69, 9.17) is 5.73 Å². The molecule has 0 spiro atoms. The summed E-state index contributed by atoms with van der Waals surface area (Å²) in [7, 11) is 0. The zero-order chi connectivity index (χ0) is 16.5. The van der Waals surface area contributed by atoms with Gasteiger partial charge in [0, 0.05) is 26.1 Å². The average Bonchev–Trinajstić information content (AvgIpc) is 2.50. The molecule has 1 fully saturated rings. The van der Waals surface area contributed by atoms with Crippen LogP contribution in [0.1, 0.15) is 25.7 Å². The molecule has 0 radical (unpaired) electrons. The molecule has 0 aromatic rings. The van der Waals surface area contributed by atoms with Gasteiger partial charge in [0.05, 0.1) is 18.8 Å². The van der Waals surface area contributed by atoms with E-state index in [9.17, 15) is 25.2 Å². The molecule has 0 aromatic heterocycles. The minimum absolute atomic E-state index is 0.00868. The van der Waals surface area contributed by atoms with Crippen molar-refractivity contribution in [3.05, 3.63) is 0 Å². The highest BCUT2D eigenvalue weighted by Crippen LogP contribution is 2.19. The molecule has 1 amide bonds. The van der Waals surface area contributed by atoms with Crippen LogP contribution < -0.4 is 11.1 Å². The molecule has 0 aliphatic carbocycles. The second-order valence-corrected chi connectivity index (χ2v) is 5.74. The topological polar surface area (TPSA) is 139 Å². The van der Waals surface area contributed by atoms with Crippen molar-refractivity contribution in [2.75, 3.05) is 32.8 Å². The number of nitrogens with two attached hydrogens (primary N) is 1. The van der Waals surface area contributed by atoms with Crippen molar-refractivity contribution in [3.63, 3.8) is 0 Å². The Bertz CT molecular complexity index is 332. The van der Waals surface area contributed by atoms with Gasteiger partial charge in [-0.1, -0.05) is 6.42 Å². The smallest absolute Gasteiger partial charge is 0.220 e. The number of hydrogen-bond donors (Lipinski definition) is 6. The average molecular weight is 319 g/mol. The zero-order valence-corrected chi connectivity index (χ0v) is 12.9. The SMILES string of the molecule is NCCNC(=O)CCCCCN1C[C@H](O)[C@@H](O)[C@H](O)[C@H]1CO. The summed E-state index contributed by atoms with van der Waals surface area (Å²) in [5, 5.41) is 41.2. The molecule has 8 nitrogen and oxygen atoms in total. The van der Waals surface area contributed by atoms with E-state index >= 15 is 0 Å². The van der Waals surface area contributed by atoms with Gasteiger partial charge in [-0.15, -0.1) is 0 Å². The molecule has 8 heteroatoms. The fourth-order valence-corrected chi connectivity index (χ4v) is 2.71. The van der Waals surface area contributed by atoms with Crippen LogP contribution in [0, 0.1) is 0 Å². The van der Waals surface area contributed by atoms with Crippen molar-refractivity contribution in [3.8, 4) is 0 Å². The molecule has 0 bridgehead atoms. The number of amides is 1. The molecule has 1 aliphatic rings. The van der Waals surface area contributed by atoms with Gasteiger partial charge < -0.3 is 31.5 Å². The first kappa shape index (κ1) is 19.3. The normalized spacial score (nSPS) is 29.5. The highest BCUT2D eigenvalue weighted by molar-refractivity contribution is 5.75. The van der Waals surface area contributed by atoms with E-state index in [1.165, 1.54) is 0 Å². The highest BCUT2D eigenvalue weighted by Gasteiger charge is 2.40. The number of β-amino-alcohol motifs (C(OH)–C–C–N with tert-alkyl or cyclic N) is 1. The third-order valence-corrected chi connectivity index (χ3v) is 4.03. The minimum Gasteiger partial charge on any atom is -0.395 e. The van der Waals surface area contributed by atoms with Crippen LogP contribution in [-0.4, -0.2) is 88.4 Å². The highest BCUT2D eigenvalue weighted by atomic mass is 16.4. The van der Waals surface area contributed by atoms with E-state index in [1.54, 1.807) is 4.90 Å². The Balaban J connectivity index is 2.24. The van der Waals surface area contributed by atoms with E-state index in [0.717, 1.165) is 19.3 Å². The van der Waals surface area contributed by atoms with E-state index < -0.39 is 24.4 Å². The van der Waals surface area contributed by atoms with Gasteiger partial charge in [0.2, 0.25) is 5.91 Å². The summed E-state index contributed by atoms with van der Waals surface area (Å²) in [4.78, 5) is 13.2. The Kier molecular flexibility index (Phi) is 8.84. The lowest BCUT2D eigenvalue weighted by Crippen LogP contribution is -2.62. The molecule has 7 N–H and O–H groups in total. The molecular formula is C14H29N3O5. The molecular weight excluding hydrogens is 290 g/mol. The number of nitrogens with one attached hydrogen (secondary N) is 1. The largest absolute Gasteiger partial charge is 0.395 e. The Labute approximate surface area is 130 Å². The van der Waals surface area contributed by atoms with Crippen molar-refractivity contribution in [2.24, 2.45) is 5.73 Å². The van der Waals surface area contributed by atoms with Gasteiger partial charge in [0.25, 0.3) is 0 Å². The minimum atomic E-state index is -1.22. The van der Waals surface area contributed by atoms with Crippen molar-refractivity contribution < 1.29 is 25.2 Å². The number of carbonyl (C=O) groups is 1. The fourth-order valence-electron chi connectivity index (χ4n) is 2.71. The van der Waals surface area contributed by atoms with Crippen LogP contribution >= 0.6 is 0 Å². The maximum Gasteiger partial charge on any atom is 0.220 e. The van der Waals surface area contributed by atoms with Gasteiger partial charge in [-0.2, -0.15) is 0 Å². The van der Waals surface area contributed by atoms with Crippen molar-refractivity contribution in [1.82, 2.24) is 10.2 Å². The van der Waals surface area contributed by atoms with Gasteiger partial charge in [-0.05, 0) is 19.4 Å². The van der Waals surface area contributed by atoms with E-state index in [-0.39, 0.29) is 19.1 Å². The van der Waals surface area contributed by atoms with Crippen LogP contribution in [0.2, 0.25) is 0 Å². The summed E-state index contributed by atoms with van der Waals surface area (Å²) < 4.78 is 0. The molecule has 1 rings (SSSR count). The van der Waals surface area contributed by atoms with Crippen molar-refractivity contribution in [2.45, 2.75) is 50.0 Å². The molecule has 1 heterocycles. The first-order valence-electron chi connectivity index (χ1n) is 7.87. The third-order valence-electron chi connectivity index (χ3n) is 4.03. The van der Waals surface area contributed by atoms with Crippen LogP contribution in [0.25, 0.3) is 0 Å². The molecule has 22 heavy (non-hydrogen) atoms. The molecule has 1 aliphatic heterocycles. The number of piperidine rings is 1. The van der Waals surface area contributed by atoms with Crippen LogP contribution in [-0.2, 0) is 4.79 Å². The van der Waals surface area contributed by atoms with Gasteiger partial charge >= 0.3 is 0 Å². The van der Waals surface area contributed by atoms with Gasteiger partial charge in [-0.25, -0.2) is 0 Å². The lowest BCUT2D eigenvalue weighted by Gasteiger charge is -2.43. The number of carbonyl (C=O) groups excluding carboxylic acids is 1. The summed E-state index contributed by atoms with van der Waals surface area (Å²) in [5.74, 6) is -0.00868. The van der Waals surface area contributed by atoms with Crippen LogP contribution in [0.5, 0.6) is 0 Å². The molecule has 0 aromatic carbocycles. The van der Waals surface area contributed by atoms with Crippen LogP contribution in [0.3, 0.4) is 0 Å². The predicted molar refractivity (Wildman–Crippen MR) is 81.0 cm³/mol. The first-order valence-corrected chi connectivity index (χ1v) is 7.87. The molecule has 0 unspecified atom stereocenters. The van der Waals surface area contributed by atoms with Crippen LogP contribution in [0.4, 0.5) is 0 Å². The summed E-state index contributed by atoms with van der Waals surface area (Å²) in [6.45, 7) is 1.46. The summed E-state index contributed by atoms with van der Waals surface area (Å²) >= 11 is 0. The number of aliphatic hydroxyl groups is 4. The Morgan fingerprint density at radius 1 is 1.18 bits per heavy atom. The standard InChI is InChI=1S/C14H29N3O5/c15-5-6-16-12(20)4-2-1-3-7-17-8-11(19)14(22)13(21)10(17)9-18/h10-11,13-14,18-19,21-22H,1-9,15H2,(H,16,20)/t10-,11+,13-,14-/m1/s1. The Morgan fingerprint density at radius 2 is 1.91 bits per heavy atom. The monoisotopic (exact) mass is 319 g/mol. The number of unbranched alkanes of at least 4 members (excludes halogenated alkanes) is 2. The zero-order valence-electron chi connectivity index (χ0n) is 12.9. The van der Waals surface area contributed by atoms with Gasteiger partial charge in [-0.3, -0.25) is 9.69 Å². The summed E-state index contributed by atoms with van der Waals surface area (Å²) in [6, 6.07) is -0.564. The fraction of sp³-hybridized carbons (Fsp3) is 0.929. The number of rotatable bonds is 9. The maximum atomic E-state index is 11.4. The van der Waals surface area contributed by atoms with Crippen LogP contribution in [0.15, 0.2) is 0 Å². The number of likely N-dealkylation sites (tertiary alicyclic amines) is 1. The quantitative estimate of drug-likeness (QED) is 0.256. The molecule has 1 saturated heterocycles. The second-order valence-electron chi connectivity index (χ2n) is 5.74. The molecule has 4 atom stereocenters. The number of aliphatic hydroxyl groups excluding tert-OH is 4.